The molecule has 4 heterocycles. The van der Waals surface area contributed by atoms with Crippen molar-refractivity contribution in [2.75, 3.05) is 23.3 Å². The van der Waals surface area contributed by atoms with Gasteiger partial charge in [-0.3, -0.25) is 9.89 Å². The van der Waals surface area contributed by atoms with Gasteiger partial charge in [-0.1, -0.05) is 12.1 Å². The van der Waals surface area contributed by atoms with Crippen LogP contribution in [0.3, 0.4) is 0 Å². The quantitative estimate of drug-likeness (QED) is 0.424. The lowest BCUT2D eigenvalue weighted by Crippen LogP contribution is -2.22. The number of aliphatic hydroxyl groups excluding tert-OH is 1. The summed E-state index contributed by atoms with van der Waals surface area (Å²) in [5.41, 5.74) is 2.90. The number of carbonyl (C=O) groups is 1. The molecule has 1 aromatic carbocycles. The van der Waals surface area contributed by atoms with Crippen LogP contribution < -0.4 is 10.2 Å². The topological polar surface area (TPSA) is 123 Å². The van der Waals surface area contributed by atoms with Gasteiger partial charge in [0.05, 0.1) is 22.7 Å². The molecule has 1 atom stereocenters. The van der Waals surface area contributed by atoms with Crippen LogP contribution in [0.25, 0.3) is 22.6 Å². The molecule has 0 radical (unpaired) electrons. The number of amides is 1. The van der Waals surface area contributed by atoms with Crippen molar-refractivity contribution in [3.05, 3.63) is 54.2 Å². The Labute approximate surface area is 165 Å². The summed E-state index contributed by atoms with van der Waals surface area (Å²) in [7, 11) is 0. The minimum Gasteiger partial charge on any atom is -0.391 e. The number of rotatable bonds is 4. The van der Waals surface area contributed by atoms with Crippen molar-refractivity contribution in [2.24, 2.45) is 0 Å². The molecule has 1 fully saturated rings. The van der Waals surface area contributed by atoms with Gasteiger partial charge in [0.1, 0.15) is 11.5 Å². The fraction of sp³-hybridized carbons (Fsp3) is 0.200. The molecule has 5 rings (SSSR count). The van der Waals surface area contributed by atoms with Gasteiger partial charge in [0.15, 0.2) is 11.6 Å². The third-order valence-corrected chi connectivity index (χ3v) is 4.96. The zero-order valence-corrected chi connectivity index (χ0v) is 15.5. The van der Waals surface area contributed by atoms with Crippen molar-refractivity contribution in [1.82, 2.24) is 25.1 Å². The number of carbonyl (C=O) groups excluding carboxylic acids is 1. The molecular weight excluding hydrogens is 370 g/mol. The summed E-state index contributed by atoms with van der Waals surface area (Å²) >= 11 is 0. The van der Waals surface area contributed by atoms with E-state index in [9.17, 15) is 9.90 Å². The number of aliphatic hydroxyl groups is 1. The summed E-state index contributed by atoms with van der Waals surface area (Å²) in [6.45, 7) is 1.33. The highest BCUT2D eigenvalue weighted by atomic mass is 16.3. The summed E-state index contributed by atoms with van der Waals surface area (Å²) < 4.78 is 0. The number of nitrogens with one attached hydrogen (secondary N) is 3. The molecule has 1 aliphatic rings. The van der Waals surface area contributed by atoms with Crippen LogP contribution >= 0.6 is 0 Å². The van der Waals surface area contributed by atoms with E-state index in [1.807, 2.05) is 29.2 Å². The number of hydrogen-bond acceptors (Lipinski definition) is 6. The van der Waals surface area contributed by atoms with Gasteiger partial charge in [-0.15, -0.1) is 0 Å². The highest BCUT2D eigenvalue weighted by Gasteiger charge is 2.21. The number of fused-ring (bicyclic) bond motifs is 1. The van der Waals surface area contributed by atoms with Gasteiger partial charge in [0, 0.05) is 25.4 Å². The lowest BCUT2D eigenvalue weighted by Gasteiger charge is -2.16. The lowest BCUT2D eigenvalue weighted by atomic mass is 10.2. The first-order valence-electron chi connectivity index (χ1n) is 9.37. The second-order valence-corrected chi connectivity index (χ2v) is 7.02. The largest absolute Gasteiger partial charge is 0.391 e. The molecule has 4 aromatic rings. The van der Waals surface area contributed by atoms with Crippen LogP contribution in [-0.4, -0.2) is 55.4 Å². The number of anilines is 2. The number of aromatic nitrogens is 5. The Morgan fingerprint density at radius 1 is 1.24 bits per heavy atom. The first-order chi connectivity index (χ1) is 14.2. The molecule has 1 aliphatic heterocycles. The van der Waals surface area contributed by atoms with Crippen molar-refractivity contribution in [1.29, 1.82) is 0 Å². The maximum atomic E-state index is 12.5. The first-order valence-corrected chi connectivity index (χ1v) is 9.37. The second kappa shape index (κ2) is 7.02. The number of β-amino-alcohol motifs (C(OH)–C–C–N with tert-alkyl or cyclic N) is 1. The predicted molar refractivity (Wildman–Crippen MR) is 109 cm³/mol. The standard InChI is InChI=1S/C20H19N7O2/c28-13-7-8-27(11-13)18-6-5-12(10-21-18)20(29)24-17-9-16(25-26-17)19-22-14-3-1-2-4-15(14)23-19/h1-6,9-10,13,28H,7-8,11H2,(H,22,23)(H2,24,25,26,29)/t13-/m1/s1. The summed E-state index contributed by atoms with van der Waals surface area (Å²) in [5, 5.41) is 19.4. The highest BCUT2D eigenvalue weighted by Crippen LogP contribution is 2.21. The molecule has 9 heteroatoms. The maximum absolute atomic E-state index is 12.5. The Balaban J connectivity index is 1.28. The van der Waals surface area contributed by atoms with E-state index in [-0.39, 0.29) is 12.0 Å². The van der Waals surface area contributed by atoms with Crippen LogP contribution in [0.2, 0.25) is 0 Å². The third-order valence-electron chi connectivity index (χ3n) is 4.96. The van der Waals surface area contributed by atoms with Crippen LogP contribution in [0.1, 0.15) is 16.8 Å². The molecule has 1 saturated heterocycles. The molecule has 0 spiro atoms. The Kier molecular flexibility index (Phi) is 4.21. The van der Waals surface area contributed by atoms with Gasteiger partial charge >= 0.3 is 0 Å². The zero-order chi connectivity index (χ0) is 19.8. The molecule has 0 bridgehead atoms. The number of nitrogens with zero attached hydrogens (tertiary/aromatic N) is 4. The SMILES string of the molecule is O=C(Nc1cc(-c2nc3ccccc3[nH]2)[nH]n1)c1ccc(N2CC[C@@H](O)C2)nc1. The number of aromatic amines is 2. The number of pyridine rings is 1. The van der Waals surface area contributed by atoms with Gasteiger partial charge in [-0.2, -0.15) is 5.10 Å². The number of hydrogen-bond donors (Lipinski definition) is 4. The van der Waals surface area contributed by atoms with Crippen LogP contribution in [0.15, 0.2) is 48.7 Å². The summed E-state index contributed by atoms with van der Waals surface area (Å²) in [5.74, 6) is 1.51. The van der Waals surface area contributed by atoms with E-state index in [1.54, 1.807) is 18.2 Å². The van der Waals surface area contributed by atoms with E-state index in [0.29, 0.717) is 29.4 Å². The van der Waals surface area contributed by atoms with Gasteiger partial charge in [0.25, 0.3) is 5.91 Å². The van der Waals surface area contributed by atoms with Crippen molar-refractivity contribution in [3.63, 3.8) is 0 Å². The molecule has 0 saturated carbocycles. The monoisotopic (exact) mass is 389 g/mol. The second-order valence-electron chi connectivity index (χ2n) is 7.02. The molecule has 9 nitrogen and oxygen atoms in total. The fourth-order valence-electron chi connectivity index (χ4n) is 3.43. The van der Waals surface area contributed by atoms with E-state index in [2.05, 4.69) is 30.5 Å². The fourth-order valence-corrected chi connectivity index (χ4v) is 3.43. The number of benzene rings is 1. The van der Waals surface area contributed by atoms with E-state index in [4.69, 9.17) is 0 Å². The molecule has 1 amide bonds. The van der Waals surface area contributed by atoms with Crippen LogP contribution in [-0.2, 0) is 0 Å². The first kappa shape index (κ1) is 17.4. The Morgan fingerprint density at radius 3 is 2.90 bits per heavy atom. The van der Waals surface area contributed by atoms with Crippen molar-refractivity contribution in [2.45, 2.75) is 12.5 Å². The number of imidazole rings is 1. The normalized spacial score (nSPS) is 16.4. The average Bonchev–Trinajstić information content (AvgIpc) is 3.47. The molecule has 146 valence electrons. The van der Waals surface area contributed by atoms with E-state index >= 15 is 0 Å². The molecule has 29 heavy (non-hydrogen) atoms. The maximum Gasteiger partial charge on any atom is 0.258 e. The summed E-state index contributed by atoms with van der Waals surface area (Å²) in [6.07, 6.45) is 1.94. The van der Waals surface area contributed by atoms with Gasteiger partial charge in [-0.25, -0.2) is 9.97 Å². The van der Waals surface area contributed by atoms with E-state index in [0.717, 1.165) is 29.8 Å². The van der Waals surface area contributed by atoms with Gasteiger partial charge in [-0.05, 0) is 30.7 Å². The predicted octanol–water partition coefficient (Wildman–Crippen LogP) is 2.17. The molecule has 4 N–H and O–H groups in total. The van der Waals surface area contributed by atoms with E-state index in [1.165, 1.54) is 6.20 Å². The van der Waals surface area contributed by atoms with Gasteiger partial charge < -0.3 is 20.3 Å². The minimum absolute atomic E-state index is 0.298. The molecule has 0 aliphatic carbocycles. The smallest absolute Gasteiger partial charge is 0.258 e. The third kappa shape index (κ3) is 3.43. The van der Waals surface area contributed by atoms with Crippen molar-refractivity contribution >= 4 is 28.6 Å². The number of para-hydroxylation sites is 2. The summed E-state index contributed by atoms with van der Waals surface area (Å²) in [4.78, 5) is 26.6. The molecule has 0 unspecified atom stereocenters. The number of H-pyrrole nitrogens is 2. The molecule has 3 aromatic heterocycles. The van der Waals surface area contributed by atoms with Crippen molar-refractivity contribution in [3.8, 4) is 11.5 Å². The Morgan fingerprint density at radius 2 is 2.14 bits per heavy atom. The van der Waals surface area contributed by atoms with Crippen molar-refractivity contribution < 1.29 is 9.90 Å². The van der Waals surface area contributed by atoms with Crippen LogP contribution in [0.4, 0.5) is 11.6 Å². The van der Waals surface area contributed by atoms with Crippen LogP contribution in [0.5, 0.6) is 0 Å². The minimum atomic E-state index is -0.319. The average molecular weight is 389 g/mol. The zero-order valence-electron chi connectivity index (χ0n) is 15.5. The molecular formula is C20H19N7O2. The van der Waals surface area contributed by atoms with Crippen LogP contribution in [0, 0.1) is 0 Å². The summed E-state index contributed by atoms with van der Waals surface area (Å²) in [6, 6.07) is 13.0. The highest BCUT2D eigenvalue weighted by molar-refractivity contribution is 6.03. The Bertz CT molecular complexity index is 1130. The lowest BCUT2D eigenvalue weighted by molar-refractivity contribution is 0.102. The Hall–Kier alpha value is -3.72. The van der Waals surface area contributed by atoms with Gasteiger partial charge in [0.2, 0.25) is 0 Å². The van der Waals surface area contributed by atoms with E-state index < -0.39 is 0 Å².